The third kappa shape index (κ3) is 7.76. The van der Waals surface area contributed by atoms with Gasteiger partial charge in [0.15, 0.2) is 0 Å². The van der Waals surface area contributed by atoms with Gasteiger partial charge in [0.05, 0.1) is 13.2 Å². The van der Waals surface area contributed by atoms with Crippen molar-refractivity contribution in [1.82, 2.24) is 9.47 Å². The van der Waals surface area contributed by atoms with Gasteiger partial charge in [-0.15, -0.1) is 0 Å². The third-order valence-electron chi connectivity index (χ3n) is 5.89. The minimum Gasteiger partial charge on any atom is -0.383 e. The molecule has 0 unspecified atom stereocenters. The van der Waals surface area contributed by atoms with Gasteiger partial charge in [0.2, 0.25) is 0 Å². The third-order valence-corrected chi connectivity index (χ3v) is 6.13. The summed E-state index contributed by atoms with van der Waals surface area (Å²) < 4.78 is 7.45. The van der Waals surface area contributed by atoms with Crippen LogP contribution in [0.15, 0.2) is 66.9 Å². The summed E-state index contributed by atoms with van der Waals surface area (Å²) in [6.45, 7) is 4.49. The molecule has 3 rings (SSSR count). The van der Waals surface area contributed by atoms with Crippen LogP contribution in [0.1, 0.15) is 59.8 Å². The summed E-state index contributed by atoms with van der Waals surface area (Å²) in [5.74, 6) is 0.0279. The van der Waals surface area contributed by atoms with E-state index in [9.17, 15) is 4.79 Å². The lowest BCUT2D eigenvalue weighted by molar-refractivity contribution is 0.0676. The zero-order chi connectivity index (χ0) is 23.5. The standard InChI is InChI=1S/C28H35ClN2O2/c1-3-4-5-6-9-23-13-15-25(16-14-23)28(32)31(18-19-33-2)22-27-12-8-17-30(27)21-24-10-7-11-26(29)20-24/h7-8,10-17,20H,3-6,9,18-19,21-22H2,1-2H3. The number of ether oxygens (including phenoxy) is 1. The lowest BCUT2D eigenvalue weighted by Gasteiger charge is -2.24. The molecular formula is C28H35ClN2O2. The van der Waals surface area contributed by atoms with E-state index in [-0.39, 0.29) is 5.91 Å². The summed E-state index contributed by atoms with van der Waals surface area (Å²) in [7, 11) is 1.66. The van der Waals surface area contributed by atoms with Crippen molar-refractivity contribution in [2.45, 2.75) is 52.1 Å². The highest BCUT2D eigenvalue weighted by Gasteiger charge is 2.18. The number of methoxy groups -OCH3 is 1. The maximum absolute atomic E-state index is 13.3. The molecular weight excluding hydrogens is 432 g/mol. The molecule has 176 valence electrons. The van der Waals surface area contributed by atoms with Crippen LogP contribution in [0.4, 0.5) is 0 Å². The highest BCUT2D eigenvalue weighted by Crippen LogP contribution is 2.17. The predicted molar refractivity (Wildman–Crippen MR) is 136 cm³/mol. The van der Waals surface area contributed by atoms with Crippen LogP contribution in [-0.2, 0) is 24.2 Å². The van der Waals surface area contributed by atoms with Crippen LogP contribution in [0.2, 0.25) is 5.02 Å². The average Bonchev–Trinajstić information content (AvgIpc) is 3.26. The van der Waals surface area contributed by atoms with Crippen LogP contribution in [0.25, 0.3) is 0 Å². The van der Waals surface area contributed by atoms with Crippen molar-refractivity contribution >= 4 is 17.5 Å². The van der Waals surface area contributed by atoms with Gasteiger partial charge in [-0.2, -0.15) is 0 Å². The molecule has 1 amide bonds. The second-order valence-electron chi connectivity index (χ2n) is 8.48. The Morgan fingerprint density at radius 1 is 1.00 bits per heavy atom. The van der Waals surface area contributed by atoms with Gasteiger partial charge in [0.25, 0.3) is 5.91 Å². The van der Waals surface area contributed by atoms with Crippen LogP contribution in [0.5, 0.6) is 0 Å². The monoisotopic (exact) mass is 466 g/mol. The molecule has 0 atom stereocenters. The van der Waals surface area contributed by atoms with Gasteiger partial charge < -0.3 is 14.2 Å². The molecule has 0 aliphatic carbocycles. The summed E-state index contributed by atoms with van der Waals surface area (Å²) in [5, 5.41) is 0.729. The van der Waals surface area contributed by atoms with E-state index in [2.05, 4.69) is 35.8 Å². The van der Waals surface area contributed by atoms with Crippen molar-refractivity contribution in [3.05, 3.63) is 94.3 Å². The van der Waals surface area contributed by atoms with E-state index in [0.29, 0.717) is 26.2 Å². The number of halogens is 1. The molecule has 0 fully saturated rings. The summed E-state index contributed by atoms with van der Waals surface area (Å²) >= 11 is 6.15. The van der Waals surface area contributed by atoms with Crippen molar-refractivity contribution in [1.29, 1.82) is 0 Å². The Hall–Kier alpha value is -2.56. The minimum atomic E-state index is 0.0279. The lowest BCUT2D eigenvalue weighted by Crippen LogP contribution is -2.34. The number of amides is 1. The molecule has 0 bridgehead atoms. The minimum absolute atomic E-state index is 0.0279. The van der Waals surface area contributed by atoms with E-state index in [0.717, 1.165) is 28.3 Å². The fourth-order valence-electron chi connectivity index (χ4n) is 3.98. The zero-order valence-electron chi connectivity index (χ0n) is 19.8. The molecule has 2 aromatic carbocycles. The highest BCUT2D eigenvalue weighted by molar-refractivity contribution is 6.30. The van der Waals surface area contributed by atoms with Gasteiger partial charge in [0.1, 0.15) is 0 Å². The number of aryl methyl sites for hydroxylation is 1. The molecule has 0 aliphatic rings. The van der Waals surface area contributed by atoms with Gasteiger partial charge in [-0.3, -0.25) is 4.79 Å². The van der Waals surface area contributed by atoms with E-state index in [1.165, 1.54) is 31.2 Å². The van der Waals surface area contributed by atoms with Crippen LogP contribution < -0.4 is 0 Å². The number of hydrogen-bond acceptors (Lipinski definition) is 2. The second-order valence-corrected chi connectivity index (χ2v) is 8.92. The van der Waals surface area contributed by atoms with Crippen molar-refractivity contribution in [2.24, 2.45) is 0 Å². The molecule has 0 N–H and O–H groups in total. The van der Waals surface area contributed by atoms with Crippen molar-refractivity contribution in [3.8, 4) is 0 Å². The molecule has 0 saturated carbocycles. The number of aromatic nitrogens is 1. The molecule has 0 aliphatic heterocycles. The topological polar surface area (TPSA) is 34.5 Å². The Balaban J connectivity index is 1.68. The fourth-order valence-corrected chi connectivity index (χ4v) is 4.19. The summed E-state index contributed by atoms with van der Waals surface area (Å²) in [4.78, 5) is 15.2. The molecule has 3 aromatic rings. The highest BCUT2D eigenvalue weighted by atomic mass is 35.5. The maximum Gasteiger partial charge on any atom is 0.254 e. The molecule has 1 aromatic heterocycles. The molecule has 0 radical (unpaired) electrons. The second kappa shape index (κ2) is 13.2. The molecule has 4 nitrogen and oxygen atoms in total. The zero-order valence-corrected chi connectivity index (χ0v) is 20.6. The Bertz CT molecular complexity index is 997. The first kappa shape index (κ1) is 25.1. The molecule has 5 heteroatoms. The SMILES string of the molecule is CCCCCCc1ccc(C(=O)N(CCOC)Cc2cccn2Cc2cccc(Cl)c2)cc1. The number of hydrogen-bond donors (Lipinski definition) is 0. The number of rotatable bonds is 13. The first-order chi connectivity index (χ1) is 16.1. The van der Waals surface area contributed by atoms with Crippen molar-refractivity contribution < 1.29 is 9.53 Å². The van der Waals surface area contributed by atoms with Gasteiger partial charge in [-0.05, 0) is 60.4 Å². The molecule has 33 heavy (non-hydrogen) atoms. The lowest BCUT2D eigenvalue weighted by atomic mass is 10.0. The maximum atomic E-state index is 13.3. The van der Waals surface area contributed by atoms with Crippen LogP contribution >= 0.6 is 11.6 Å². The van der Waals surface area contributed by atoms with Gasteiger partial charge in [-0.25, -0.2) is 0 Å². The first-order valence-corrected chi connectivity index (χ1v) is 12.2. The Labute approximate surface area is 203 Å². The Morgan fingerprint density at radius 2 is 1.82 bits per heavy atom. The van der Waals surface area contributed by atoms with E-state index < -0.39 is 0 Å². The summed E-state index contributed by atoms with van der Waals surface area (Å²) in [6, 6.07) is 20.1. The summed E-state index contributed by atoms with van der Waals surface area (Å²) in [6.07, 6.45) is 8.10. The van der Waals surface area contributed by atoms with E-state index >= 15 is 0 Å². The number of carbonyl (C=O) groups is 1. The van der Waals surface area contributed by atoms with Crippen LogP contribution in [-0.4, -0.2) is 35.6 Å². The quantitative estimate of drug-likeness (QED) is 0.266. The van der Waals surface area contributed by atoms with E-state index in [1.807, 2.05) is 47.5 Å². The van der Waals surface area contributed by atoms with Gasteiger partial charge >= 0.3 is 0 Å². The fraction of sp³-hybridized carbons (Fsp3) is 0.393. The average molecular weight is 467 g/mol. The first-order valence-electron chi connectivity index (χ1n) is 11.9. The van der Waals surface area contributed by atoms with Crippen molar-refractivity contribution in [2.75, 3.05) is 20.3 Å². The Morgan fingerprint density at radius 3 is 2.55 bits per heavy atom. The van der Waals surface area contributed by atoms with E-state index in [4.69, 9.17) is 16.3 Å². The Kier molecular flexibility index (Phi) is 10.0. The smallest absolute Gasteiger partial charge is 0.254 e. The number of carbonyl (C=O) groups excluding carboxylic acids is 1. The largest absolute Gasteiger partial charge is 0.383 e. The predicted octanol–water partition coefficient (Wildman–Crippen LogP) is 6.60. The van der Waals surface area contributed by atoms with Gasteiger partial charge in [0, 0.05) is 42.7 Å². The van der Waals surface area contributed by atoms with Crippen LogP contribution in [0.3, 0.4) is 0 Å². The van der Waals surface area contributed by atoms with Crippen LogP contribution in [0, 0.1) is 0 Å². The van der Waals surface area contributed by atoms with Crippen molar-refractivity contribution in [3.63, 3.8) is 0 Å². The van der Waals surface area contributed by atoms with Gasteiger partial charge in [-0.1, -0.05) is 62.1 Å². The normalized spacial score (nSPS) is 11.0. The number of unbranched alkanes of at least 4 members (excludes halogenated alkanes) is 3. The number of benzene rings is 2. The van der Waals surface area contributed by atoms with E-state index in [1.54, 1.807) is 7.11 Å². The summed E-state index contributed by atoms with van der Waals surface area (Å²) in [5.41, 5.74) is 4.22. The number of nitrogens with zero attached hydrogens (tertiary/aromatic N) is 2. The molecule has 0 spiro atoms. The molecule has 1 heterocycles. The molecule has 0 saturated heterocycles.